The molecule has 1 aliphatic rings. The molecule has 6 nitrogen and oxygen atoms in total. The minimum atomic E-state index is -0.0378. The second-order valence-electron chi connectivity index (χ2n) is 6.20. The molecular weight excluding hydrogens is 386 g/mol. The lowest BCUT2D eigenvalue weighted by molar-refractivity contribution is 0.131. The number of hydrogen-bond donors (Lipinski definition) is 3. The van der Waals surface area contributed by atoms with Gasteiger partial charge in [-0.25, -0.2) is 0 Å². The minimum absolute atomic E-state index is 0.0378. The second-order valence-corrected chi connectivity index (χ2v) is 7.12. The topological polar surface area (TPSA) is 75.1 Å². The van der Waals surface area contributed by atoms with E-state index in [0.29, 0.717) is 26.3 Å². The van der Waals surface area contributed by atoms with Crippen molar-refractivity contribution in [3.63, 3.8) is 0 Å². The summed E-state index contributed by atoms with van der Waals surface area (Å²) in [5.41, 5.74) is -0.0378. The predicted octanol–water partition coefficient (Wildman–Crippen LogP) is 2.17. The lowest BCUT2D eigenvalue weighted by Gasteiger charge is -2.24. The van der Waals surface area contributed by atoms with Crippen molar-refractivity contribution in [1.82, 2.24) is 10.6 Å². The van der Waals surface area contributed by atoms with E-state index >= 15 is 0 Å². The van der Waals surface area contributed by atoms with Crippen molar-refractivity contribution < 1.29 is 14.6 Å². The molecule has 2 rings (SSSR count). The molecule has 0 bridgehead atoms. The maximum atomic E-state index is 9.31. The first kappa shape index (κ1) is 20.0. The molecule has 0 aliphatic carbocycles. The van der Waals surface area contributed by atoms with Crippen LogP contribution in [0, 0.1) is 5.41 Å². The van der Waals surface area contributed by atoms with Crippen LogP contribution in [-0.2, 0) is 4.74 Å². The molecule has 1 atom stereocenters. The van der Waals surface area contributed by atoms with E-state index in [1.54, 1.807) is 0 Å². The molecular formula is C18H28BrN3O3. The SMILES string of the molecule is CCNC(=NCC1(CCO)CCOC1)NCCOc1cccc(Br)c1. The number of guanidine groups is 1. The van der Waals surface area contributed by atoms with Gasteiger partial charge in [-0.1, -0.05) is 22.0 Å². The molecule has 7 heteroatoms. The highest BCUT2D eigenvalue weighted by Gasteiger charge is 2.34. The lowest BCUT2D eigenvalue weighted by Crippen LogP contribution is -2.40. The molecule has 3 N–H and O–H groups in total. The van der Waals surface area contributed by atoms with Gasteiger partial charge in [-0.15, -0.1) is 0 Å². The number of nitrogens with one attached hydrogen (secondary N) is 2. The summed E-state index contributed by atoms with van der Waals surface area (Å²) in [6.07, 6.45) is 1.67. The summed E-state index contributed by atoms with van der Waals surface area (Å²) in [7, 11) is 0. The van der Waals surface area contributed by atoms with Crippen molar-refractivity contribution in [2.45, 2.75) is 19.8 Å². The van der Waals surface area contributed by atoms with Crippen LogP contribution >= 0.6 is 15.9 Å². The Hall–Kier alpha value is -1.31. The van der Waals surface area contributed by atoms with Gasteiger partial charge in [0.05, 0.1) is 19.7 Å². The molecule has 0 amide bonds. The van der Waals surface area contributed by atoms with Crippen LogP contribution in [0.4, 0.5) is 0 Å². The van der Waals surface area contributed by atoms with Crippen LogP contribution in [0.3, 0.4) is 0 Å². The summed E-state index contributed by atoms with van der Waals surface area (Å²) < 4.78 is 12.2. The quantitative estimate of drug-likeness (QED) is 0.328. The third kappa shape index (κ3) is 6.84. The molecule has 1 heterocycles. The molecule has 25 heavy (non-hydrogen) atoms. The Labute approximate surface area is 158 Å². The summed E-state index contributed by atoms with van der Waals surface area (Å²) >= 11 is 3.43. The number of benzene rings is 1. The first-order valence-electron chi connectivity index (χ1n) is 8.76. The summed E-state index contributed by atoms with van der Waals surface area (Å²) in [6.45, 7) is 6.27. The summed E-state index contributed by atoms with van der Waals surface area (Å²) in [4.78, 5) is 4.69. The fraction of sp³-hybridized carbons (Fsp3) is 0.611. The van der Waals surface area contributed by atoms with Gasteiger partial charge in [0.1, 0.15) is 12.4 Å². The molecule has 1 aromatic carbocycles. The first-order chi connectivity index (χ1) is 12.2. The molecule has 0 radical (unpaired) electrons. The maximum absolute atomic E-state index is 9.31. The first-order valence-corrected chi connectivity index (χ1v) is 9.56. The van der Waals surface area contributed by atoms with Crippen molar-refractivity contribution >= 4 is 21.9 Å². The van der Waals surface area contributed by atoms with E-state index < -0.39 is 0 Å². The van der Waals surface area contributed by atoms with Gasteiger partial charge < -0.3 is 25.2 Å². The van der Waals surface area contributed by atoms with Gasteiger partial charge in [0.25, 0.3) is 0 Å². The standard InChI is InChI=1S/C18H28BrN3O3/c1-2-20-17(22-13-18(6-9-23)7-10-24-14-18)21-8-11-25-16-5-3-4-15(19)12-16/h3-5,12,23H,2,6-11,13-14H2,1H3,(H2,20,21,22). The molecule has 1 aliphatic heterocycles. The van der Waals surface area contributed by atoms with E-state index in [1.807, 2.05) is 31.2 Å². The van der Waals surface area contributed by atoms with Gasteiger partial charge in [0, 0.05) is 29.6 Å². The van der Waals surface area contributed by atoms with Crippen LogP contribution in [0.5, 0.6) is 5.75 Å². The number of rotatable bonds is 9. The van der Waals surface area contributed by atoms with Gasteiger partial charge in [-0.3, -0.25) is 4.99 Å². The number of ether oxygens (including phenoxy) is 2. The van der Waals surface area contributed by atoms with Crippen LogP contribution in [0.25, 0.3) is 0 Å². The molecule has 1 aromatic rings. The molecule has 1 fully saturated rings. The zero-order chi connectivity index (χ0) is 18.0. The van der Waals surface area contributed by atoms with Gasteiger partial charge in [0.15, 0.2) is 5.96 Å². The molecule has 0 aromatic heterocycles. The molecule has 0 spiro atoms. The molecule has 140 valence electrons. The van der Waals surface area contributed by atoms with Crippen LogP contribution < -0.4 is 15.4 Å². The average molecular weight is 414 g/mol. The average Bonchev–Trinajstić information content (AvgIpc) is 3.06. The van der Waals surface area contributed by atoms with Crippen molar-refractivity contribution in [2.75, 3.05) is 46.1 Å². The van der Waals surface area contributed by atoms with Crippen molar-refractivity contribution in [3.05, 3.63) is 28.7 Å². The monoisotopic (exact) mass is 413 g/mol. The largest absolute Gasteiger partial charge is 0.492 e. The zero-order valence-corrected chi connectivity index (χ0v) is 16.3. The number of aliphatic hydroxyl groups is 1. The van der Waals surface area contributed by atoms with E-state index in [0.717, 1.165) is 42.2 Å². The maximum Gasteiger partial charge on any atom is 0.191 e. The number of nitrogens with zero attached hydrogens (tertiary/aromatic N) is 1. The van der Waals surface area contributed by atoms with Gasteiger partial charge >= 0.3 is 0 Å². The fourth-order valence-electron chi connectivity index (χ4n) is 2.77. The number of aliphatic imine (C=N–C) groups is 1. The Morgan fingerprint density at radius 2 is 2.32 bits per heavy atom. The third-order valence-corrected chi connectivity index (χ3v) is 4.70. The highest BCUT2D eigenvalue weighted by atomic mass is 79.9. The van der Waals surface area contributed by atoms with Crippen molar-refractivity contribution in [1.29, 1.82) is 0 Å². The van der Waals surface area contributed by atoms with E-state index in [-0.39, 0.29) is 12.0 Å². The van der Waals surface area contributed by atoms with Crippen molar-refractivity contribution in [2.24, 2.45) is 10.4 Å². The number of aliphatic hydroxyl groups excluding tert-OH is 1. The van der Waals surface area contributed by atoms with Gasteiger partial charge in [-0.05, 0) is 38.0 Å². The normalized spacial score (nSPS) is 20.5. The highest BCUT2D eigenvalue weighted by Crippen LogP contribution is 2.32. The number of halogens is 1. The number of hydrogen-bond acceptors (Lipinski definition) is 4. The second kappa shape index (κ2) is 10.6. The predicted molar refractivity (Wildman–Crippen MR) is 103 cm³/mol. The van der Waals surface area contributed by atoms with Crippen LogP contribution in [0.1, 0.15) is 19.8 Å². The van der Waals surface area contributed by atoms with Crippen molar-refractivity contribution in [3.8, 4) is 5.75 Å². The lowest BCUT2D eigenvalue weighted by atomic mass is 9.84. The molecule has 0 saturated carbocycles. The Kier molecular flexibility index (Phi) is 8.51. The van der Waals surface area contributed by atoms with E-state index in [1.165, 1.54) is 0 Å². The Morgan fingerprint density at radius 1 is 1.44 bits per heavy atom. The minimum Gasteiger partial charge on any atom is -0.492 e. The van der Waals surface area contributed by atoms with Gasteiger partial charge in [-0.2, -0.15) is 0 Å². The van der Waals surface area contributed by atoms with Gasteiger partial charge in [0.2, 0.25) is 0 Å². The zero-order valence-electron chi connectivity index (χ0n) is 14.8. The van der Waals surface area contributed by atoms with Crippen LogP contribution in [0.15, 0.2) is 33.7 Å². The Bertz CT molecular complexity index is 548. The van der Waals surface area contributed by atoms with E-state index in [2.05, 4.69) is 31.6 Å². The third-order valence-electron chi connectivity index (χ3n) is 4.20. The molecule has 1 saturated heterocycles. The Morgan fingerprint density at radius 3 is 3.00 bits per heavy atom. The fourth-order valence-corrected chi connectivity index (χ4v) is 3.15. The van der Waals surface area contributed by atoms with Crippen LogP contribution in [-0.4, -0.2) is 57.1 Å². The summed E-state index contributed by atoms with van der Waals surface area (Å²) in [6, 6.07) is 7.79. The summed E-state index contributed by atoms with van der Waals surface area (Å²) in [5, 5.41) is 15.8. The highest BCUT2D eigenvalue weighted by molar-refractivity contribution is 9.10. The Balaban J connectivity index is 1.80. The summed E-state index contributed by atoms with van der Waals surface area (Å²) in [5.74, 6) is 1.60. The molecule has 1 unspecified atom stereocenters. The smallest absolute Gasteiger partial charge is 0.191 e. The van der Waals surface area contributed by atoms with E-state index in [4.69, 9.17) is 9.47 Å². The van der Waals surface area contributed by atoms with E-state index in [9.17, 15) is 5.11 Å². The van der Waals surface area contributed by atoms with Crippen LogP contribution in [0.2, 0.25) is 0 Å².